The van der Waals surface area contributed by atoms with Crippen molar-refractivity contribution in [3.05, 3.63) is 71.3 Å². The largest absolute Gasteiger partial charge is 0.497 e. The molecule has 0 saturated heterocycles. The fraction of sp³-hybridized carbons (Fsp3) is 0.182. The van der Waals surface area contributed by atoms with Gasteiger partial charge in [0, 0.05) is 28.7 Å². The van der Waals surface area contributed by atoms with Crippen LogP contribution in [0.5, 0.6) is 5.75 Å². The number of aromatic amines is 1. The van der Waals surface area contributed by atoms with Crippen LogP contribution in [0.1, 0.15) is 21.7 Å². The second-order valence-electron chi connectivity index (χ2n) is 6.73. The number of benzene rings is 2. The third-order valence-electron chi connectivity index (χ3n) is 4.82. The van der Waals surface area contributed by atoms with Crippen molar-refractivity contribution in [2.75, 3.05) is 12.9 Å². The van der Waals surface area contributed by atoms with Crippen LogP contribution in [0.2, 0.25) is 0 Å². The van der Waals surface area contributed by atoms with Crippen molar-refractivity contribution in [2.24, 2.45) is 0 Å². The monoisotopic (exact) mass is 409 g/mol. The molecular formula is C22H20FN3O2S. The summed E-state index contributed by atoms with van der Waals surface area (Å²) in [5.74, 6) is 0.758. The molecule has 1 N–H and O–H groups in total. The highest BCUT2D eigenvalue weighted by molar-refractivity contribution is 7.99. The molecule has 0 saturated carbocycles. The Morgan fingerprint density at radius 2 is 1.93 bits per heavy atom. The van der Waals surface area contributed by atoms with Crippen molar-refractivity contribution >= 4 is 28.6 Å². The first-order chi connectivity index (χ1) is 14.0. The fourth-order valence-corrected chi connectivity index (χ4v) is 4.17. The van der Waals surface area contributed by atoms with Gasteiger partial charge in [-0.3, -0.25) is 4.79 Å². The van der Waals surface area contributed by atoms with Gasteiger partial charge in [-0.2, -0.15) is 0 Å². The summed E-state index contributed by atoms with van der Waals surface area (Å²) in [6.45, 7) is 3.84. The number of fused-ring (bicyclic) bond motifs is 1. The van der Waals surface area contributed by atoms with Crippen LogP contribution in [0.25, 0.3) is 16.7 Å². The average molecular weight is 409 g/mol. The van der Waals surface area contributed by atoms with Crippen molar-refractivity contribution in [3.63, 3.8) is 0 Å². The number of carbonyl (C=O) groups excluding carboxylic acids is 1. The highest BCUT2D eigenvalue weighted by Gasteiger charge is 2.17. The first kappa shape index (κ1) is 19.3. The quantitative estimate of drug-likeness (QED) is 0.356. The van der Waals surface area contributed by atoms with Crippen molar-refractivity contribution in [2.45, 2.75) is 19.0 Å². The number of halogens is 1. The van der Waals surface area contributed by atoms with E-state index in [0.717, 1.165) is 33.9 Å². The molecule has 7 heteroatoms. The minimum Gasteiger partial charge on any atom is -0.497 e. The van der Waals surface area contributed by atoms with Crippen LogP contribution in [-0.2, 0) is 0 Å². The van der Waals surface area contributed by atoms with Gasteiger partial charge in [0.2, 0.25) is 0 Å². The molecule has 5 nitrogen and oxygen atoms in total. The van der Waals surface area contributed by atoms with E-state index in [4.69, 9.17) is 4.74 Å². The number of carbonyl (C=O) groups is 1. The second-order valence-corrected chi connectivity index (χ2v) is 7.70. The molecule has 0 amide bonds. The first-order valence-corrected chi connectivity index (χ1v) is 10.1. The molecule has 0 spiro atoms. The SMILES string of the molecule is COc1ccc2nc(SCC(=O)c3cc(C)n(-c4ccc(F)cc4)c3C)[nH]c2c1. The summed E-state index contributed by atoms with van der Waals surface area (Å²) in [7, 11) is 1.62. The number of H-pyrrole nitrogens is 1. The Balaban J connectivity index is 1.53. The number of thioether (sulfide) groups is 1. The zero-order chi connectivity index (χ0) is 20.5. The summed E-state index contributed by atoms with van der Waals surface area (Å²) in [6, 6.07) is 13.8. The molecule has 0 atom stereocenters. The van der Waals surface area contributed by atoms with Gasteiger partial charge in [0.05, 0.1) is 23.9 Å². The van der Waals surface area contributed by atoms with Gasteiger partial charge in [0.25, 0.3) is 0 Å². The zero-order valence-corrected chi connectivity index (χ0v) is 17.1. The number of nitrogens with one attached hydrogen (secondary N) is 1. The number of aryl methyl sites for hydroxylation is 1. The average Bonchev–Trinajstić information content (AvgIpc) is 3.26. The second kappa shape index (κ2) is 7.75. The highest BCUT2D eigenvalue weighted by atomic mass is 32.2. The number of Topliss-reactive ketones (excluding diaryl/α,β-unsaturated/α-hetero) is 1. The fourth-order valence-electron chi connectivity index (χ4n) is 3.40. The van der Waals surface area contributed by atoms with Crippen LogP contribution in [0.4, 0.5) is 4.39 Å². The predicted molar refractivity (Wildman–Crippen MR) is 113 cm³/mol. The Morgan fingerprint density at radius 1 is 1.17 bits per heavy atom. The molecule has 0 aliphatic heterocycles. The van der Waals surface area contributed by atoms with E-state index in [9.17, 15) is 9.18 Å². The van der Waals surface area contributed by atoms with Crippen LogP contribution in [0, 0.1) is 19.7 Å². The molecule has 0 unspecified atom stereocenters. The van der Waals surface area contributed by atoms with E-state index < -0.39 is 0 Å². The molecule has 0 aliphatic carbocycles. The van der Waals surface area contributed by atoms with Gasteiger partial charge in [-0.25, -0.2) is 9.37 Å². The minimum absolute atomic E-state index is 0.0227. The number of aromatic nitrogens is 3. The maximum absolute atomic E-state index is 13.2. The van der Waals surface area contributed by atoms with Crippen LogP contribution < -0.4 is 4.74 Å². The molecule has 4 aromatic rings. The van der Waals surface area contributed by atoms with Gasteiger partial charge >= 0.3 is 0 Å². The van der Waals surface area contributed by atoms with Crippen molar-refractivity contribution < 1.29 is 13.9 Å². The first-order valence-electron chi connectivity index (χ1n) is 9.11. The van der Waals surface area contributed by atoms with E-state index in [1.807, 2.05) is 42.7 Å². The van der Waals surface area contributed by atoms with Crippen LogP contribution in [0.15, 0.2) is 53.7 Å². The zero-order valence-electron chi connectivity index (χ0n) is 16.3. The third-order valence-corrected chi connectivity index (χ3v) is 5.70. The number of nitrogens with zero attached hydrogens (tertiary/aromatic N) is 2. The topological polar surface area (TPSA) is 59.9 Å². The lowest BCUT2D eigenvalue weighted by atomic mass is 10.2. The van der Waals surface area contributed by atoms with E-state index in [0.29, 0.717) is 10.7 Å². The van der Waals surface area contributed by atoms with Crippen LogP contribution in [0.3, 0.4) is 0 Å². The standard InChI is InChI=1S/C22H20FN3O2S/c1-13-10-18(14(2)26(13)16-6-4-15(23)5-7-16)21(27)12-29-22-24-19-9-8-17(28-3)11-20(19)25-22/h4-11H,12H2,1-3H3,(H,24,25). The summed E-state index contributed by atoms with van der Waals surface area (Å²) in [4.78, 5) is 20.6. The molecule has 4 rings (SSSR count). The van der Waals surface area contributed by atoms with Gasteiger partial charge in [0.15, 0.2) is 10.9 Å². The van der Waals surface area contributed by atoms with E-state index in [1.54, 1.807) is 19.2 Å². The highest BCUT2D eigenvalue weighted by Crippen LogP contribution is 2.26. The lowest BCUT2D eigenvalue weighted by Crippen LogP contribution is -2.05. The molecule has 148 valence electrons. The summed E-state index contributed by atoms with van der Waals surface area (Å²) in [5.41, 5.74) is 4.97. The number of hydrogen-bond acceptors (Lipinski definition) is 4. The normalized spacial score (nSPS) is 11.2. The number of methoxy groups -OCH3 is 1. The van der Waals surface area contributed by atoms with Crippen molar-refractivity contribution in [3.8, 4) is 11.4 Å². The maximum atomic E-state index is 13.2. The third kappa shape index (κ3) is 3.78. The van der Waals surface area contributed by atoms with E-state index >= 15 is 0 Å². The number of ketones is 1. The molecule has 29 heavy (non-hydrogen) atoms. The van der Waals surface area contributed by atoms with E-state index in [-0.39, 0.29) is 17.4 Å². The van der Waals surface area contributed by atoms with Gasteiger partial charge in [-0.05, 0) is 56.3 Å². The Labute approximate surface area is 171 Å². The smallest absolute Gasteiger partial charge is 0.175 e. The van der Waals surface area contributed by atoms with Crippen molar-refractivity contribution in [1.29, 1.82) is 0 Å². The van der Waals surface area contributed by atoms with E-state index in [2.05, 4.69) is 9.97 Å². The van der Waals surface area contributed by atoms with Crippen LogP contribution >= 0.6 is 11.8 Å². The van der Waals surface area contributed by atoms with Gasteiger partial charge in [-0.1, -0.05) is 11.8 Å². The molecule has 2 aromatic carbocycles. The van der Waals surface area contributed by atoms with Gasteiger partial charge in [-0.15, -0.1) is 0 Å². The summed E-state index contributed by atoms with van der Waals surface area (Å²) in [6.07, 6.45) is 0. The number of ether oxygens (including phenoxy) is 1. The maximum Gasteiger partial charge on any atom is 0.175 e. The Bertz CT molecular complexity index is 1190. The molecule has 0 fully saturated rings. The predicted octanol–water partition coefficient (Wildman–Crippen LogP) is 5.09. The van der Waals surface area contributed by atoms with E-state index in [1.165, 1.54) is 23.9 Å². The van der Waals surface area contributed by atoms with Crippen LogP contribution in [-0.4, -0.2) is 33.2 Å². The molecule has 2 heterocycles. The lowest BCUT2D eigenvalue weighted by Gasteiger charge is -2.09. The lowest BCUT2D eigenvalue weighted by molar-refractivity contribution is 0.102. The van der Waals surface area contributed by atoms with Crippen molar-refractivity contribution in [1.82, 2.24) is 14.5 Å². The van der Waals surface area contributed by atoms with Gasteiger partial charge < -0.3 is 14.3 Å². The molecular weight excluding hydrogens is 389 g/mol. The Morgan fingerprint density at radius 3 is 2.66 bits per heavy atom. The number of hydrogen-bond donors (Lipinski definition) is 1. The minimum atomic E-state index is -0.285. The Hall–Kier alpha value is -3.06. The number of rotatable bonds is 6. The Kier molecular flexibility index (Phi) is 5.15. The molecule has 2 aromatic heterocycles. The molecule has 0 bridgehead atoms. The molecule has 0 aliphatic rings. The molecule has 0 radical (unpaired) electrons. The number of imidazole rings is 1. The summed E-state index contributed by atoms with van der Waals surface area (Å²) < 4.78 is 20.4. The summed E-state index contributed by atoms with van der Waals surface area (Å²) in [5, 5.41) is 0.689. The summed E-state index contributed by atoms with van der Waals surface area (Å²) >= 11 is 1.37. The van der Waals surface area contributed by atoms with Gasteiger partial charge in [0.1, 0.15) is 11.6 Å².